The molecule has 6 heteroatoms. The van der Waals surface area contributed by atoms with E-state index in [0.717, 1.165) is 63.7 Å². The van der Waals surface area contributed by atoms with Gasteiger partial charge in [0.05, 0.1) is 0 Å². The van der Waals surface area contributed by atoms with Crippen LogP contribution in [0.3, 0.4) is 0 Å². The Morgan fingerprint density at radius 3 is 0.766 bits per heavy atom. The average molecular weight is 906 g/mol. The molecule has 380 valence electrons. The SMILES string of the molecule is CCCCCCCCCCCCCCCCCCCCCC(=O)O[C@@H](COC(=O)CCCCCCCCCCCCCCCCCCCC)COC(=O)CCCCCCCCC(C)C. The van der Waals surface area contributed by atoms with Crippen LogP contribution in [0.25, 0.3) is 0 Å². The first-order chi connectivity index (χ1) is 31.4. The monoisotopic (exact) mass is 905 g/mol. The molecule has 0 aromatic heterocycles. The normalized spacial score (nSPS) is 12.0. The lowest BCUT2D eigenvalue weighted by Gasteiger charge is -2.18. The average Bonchev–Trinajstić information content (AvgIpc) is 3.28. The molecule has 0 aromatic rings. The molecule has 64 heavy (non-hydrogen) atoms. The van der Waals surface area contributed by atoms with Crippen LogP contribution in [-0.4, -0.2) is 37.2 Å². The van der Waals surface area contributed by atoms with E-state index in [1.54, 1.807) is 0 Å². The Labute approximate surface area is 399 Å². The summed E-state index contributed by atoms with van der Waals surface area (Å²) in [6, 6.07) is 0. The Balaban J connectivity index is 4.20. The van der Waals surface area contributed by atoms with Crippen LogP contribution in [0, 0.1) is 5.92 Å². The first-order valence-electron chi connectivity index (χ1n) is 28.9. The van der Waals surface area contributed by atoms with Crippen molar-refractivity contribution in [3.63, 3.8) is 0 Å². The van der Waals surface area contributed by atoms with Gasteiger partial charge in [-0.05, 0) is 25.2 Å². The van der Waals surface area contributed by atoms with Gasteiger partial charge in [0.2, 0.25) is 0 Å². The number of rotatable bonds is 53. The van der Waals surface area contributed by atoms with Gasteiger partial charge < -0.3 is 14.2 Å². The summed E-state index contributed by atoms with van der Waals surface area (Å²) < 4.78 is 16.8. The minimum Gasteiger partial charge on any atom is -0.462 e. The minimum atomic E-state index is -0.762. The zero-order valence-electron chi connectivity index (χ0n) is 43.8. The molecule has 0 saturated carbocycles. The summed E-state index contributed by atoms with van der Waals surface area (Å²) in [5, 5.41) is 0. The number of carbonyl (C=O) groups is 3. The molecule has 0 unspecified atom stereocenters. The largest absolute Gasteiger partial charge is 0.462 e. The fourth-order valence-electron chi connectivity index (χ4n) is 8.92. The molecule has 0 radical (unpaired) electrons. The molecular weight excluding hydrogens is 793 g/mol. The number of hydrogen-bond acceptors (Lipinski definition) is 6. The van der Waals surface area contributed by atoms with E-state index >= 15 is 0 Å². The molecule has 6 nitrogen and oxygen atoms in total. The summed E-state index contributed by atoms with van der Waals surface area (Å²) in [6.45, 7) is 8.99. The highest BCUT2D eigenvalue weighted by Crippen LogP contribution is 2.18. The number of esters is 3. The van der Waals surface area contributed by atoms with Gasteiger partial charge in [0.15, 0.2) is 6.10 Å². The van der Waals surface area contributed by atoms with Crippen molar-refractivity contribution in [2.75, 3.05) is 13.2 Å². The third-order valence-electron chi connectivity index (χ3n) is 13.3. The van der Waals surface area contributed by atoms with Crippen LogP contribution in [0.2, 0.25) is 0 Å². The molecule has 0 aliphatic heterocycles. The highest BCUT2D eigenvalue weighted by Gasteiger charge is 2.19. The standard InChI is InChI=1S/C58H112O6/c1-5-7-9-11-13-15-17-19-21-23-25-27-29-31-33-35-37-43-47-51-58(61)64-55(53-63-57(60)50-46-42-39-38-40-44-48-54(3)4)52-62-56(59)49-45-41-36-34-32-30-28-26-24-22-20-18-16-14-12-10-8-6-2/h54-55H,5-53H2,1-4H3/t55-/m0/s1. The molecule has 0 spiro atoms. The molecule has 0 amide bonds. The van der Waals surface area contributed by atoms with Gasteiger partial charge in [-0.15, -0.1) is 0 Å². The molecule has 0 aliphatic carbocycles. The third kappa shape index (κ3) is 51.4. The first-order valence-corrected chi connectivity index (χ1v) is 28.9. The summed E-state index contributed by atoms with van der Waals surface area (Å²) in [4.78, 5) is 38.0. The molecule has 0 rings (SSSR count). The van der Waals surface area contributed by atoms with Crippen molar-refractivity contribution < 1.29 is 28.6 Å². The molecular formula is C58H112O6. The highest BCUT2D eigenvalue weighted by molar-refractivity contribution is 5.71. The summed E-state index contributed by atoms with van der Waals surface area (Å²) >= 11 is 0. The van der Waals surface area contributed by atoms with E-state index < -0.39 is 6.10 Å². The number of carbonyl (C=O) groups excluding carboxylic acids is 3. The Hall–Kier alpha value is -1.59. The van der Waals surface area contributed by atoms with Gasteiger partial charge in [0.25, 0.3) is 0 Å². The zero-order chi connectivity index (χ0) is 46.7. The molecule has 0 aromatic carbocycles. The van der Waals surface area contributed by atoms with Crippen molar-refractivity contribution in [3.8, 4) is 0 Å². The zero-order valence-corrected chi connectivity index (χ0v) is 43.8. The topological polar surface area (TPSA) is 78.9 Å². The van der Waals surface area contributed by atoms with Crippen LogP contribution in [0.1, 0.15) is 329 Å². The molecule has 0 saturated heterocycles. The van der Waals surface area contributed by atoms with Gasteiger partial charge in [0.1, 0.15) is 13.2 Å². The Morgan fingerprint density at radius 1 is 0.297 bits per heavy atom. The van der Waals surface area contributed by atoms with Crippen molar-refractivity contribution in [1.82, 2.24) is 0 Å². The van der Waals surface area contributed by atoms with Crippen molar-refractivity contribution in [2.24, 2.45) is 5.92 Å². The van der Waals surface area contributed by atoms with E-state index in [1.165, 1.54) is 225 Å². The van der Waals surface area contributed by atoms with Crippen LogP contribution in [0.5, 0.6) is 0 Å². The Morgan fingerprint density at radius 2 is 0.516 bits per heavy atom. The highest BCUT2D eigenvalue weighted by atomic mass is 16.6. The van der Waals surface area contributed by atoms with Crippen LogP contribution in [0.4, 0.5) is 0 Å². The second-order valence-electron chi connectivity index (χ2n) is 20.4. The smallest absolute Gasteiger partial charge is 0.306 e. The third-order valence-corrected chi connectivity index (χ3v) is 13.3. The predicted octanol–water partition coefficient (Wildman–Crippen LogP) is 19.0. The van der Waals surface area contributed by atoms with Crippen LogP contribution >= 0.6 is 0 Å². The minimum absolute atomic E-state index is 0.0630. The van der Waals surface area contributed by atoms with Gasteiger partial charge in [-0.1, -0.05) is 291 Å². The molecule has 0 bridgehead atoms. The van der Waals surface area contributed by atoms with Gasteiger partial charge in [-0.2, -0.15) is 0 Å². The van der Waals surface area contributed by atoms with Crippen molar-refractivity contribution in [2.45, 2.75) is 336 Å². The maximum Gasteiger partial charge on any atom is 0.306 e. The molecule has 0 fully saturated rings. The molecule has 0 N–H and O–H groups in total. The Kier molecular flexibility index (Phi) is 51.1. The van der Waals surface area contributed by atoms with Gasteiger partial charge in [-0.25, -0.2) is 0 Å². The molecule has 1 atom stereocenters. The number of hydrogen-bond donors (Lipinski definition) is 0. The lowest BCUT2D eigenvalue weighted by Crippen LogP contribution is -2.30. The summed E-state index contributed by atoms with van der Waals surface area (Å²) in [7, 11) is 0. The quantitative estimate of drug-likeness (QED) is 0.0344. The lowest BCUT2D eigenvalue weighted by molar-refractivity contribution is -0.167. The van der Waals surface area contributed by atoms with E-state index in [9.17, 15) is 14.4 Å². The lowest BCUT2D eigenvalue weighted by atomic mass is 10.0. The van der Waals surface area contributed by atoms with Gasteiger partial charge in [0, 0.05) is 19.3 Å². The summed E-state index contributed by atoms with van der Waals surface area (Å²) in [5.41, 5.74) is 0. The fraction of sp³-hybridized carbons (Fsp3) is 0.948. The maximum absolute atomic E-state index is 12.8. The van der Waals surface area contributed by atoms with Crippen molar-refractivity contribution >= 4 is 17.9 Å². The second kappa shape index (κ2) is 52.4. The second-order valence-corrected chi connectivity index (χ2v) is 20.4. The van der Waals surface area contributed by atoms with Crippen LogP contribution in [0.15, 0.2) is 0 Å². The first kappa shape index (κ1) is 62.4. The molecule has 0 aliphatic rings. The summed E-state index contributed by atoms with van der Waals surface area (Å²) in [6.07, 6.45) is 56.9. The van der Waals surface area contributed by atoms with Crippen molar-refractivity contribution in [1.29, 1.82) is 0 Å². The Bertz CT molecular complexity index is 964. The number of unbranched alkanes of at least 4 members (excludes halogenated alkanes) is 40. The van der Waals surface area contributed by atoms with E-state index in [4.69, 9.17) is 14.2 Å². The van der Waals surface area contributed by atoms with E-state index in [0.29, 0.717) is 19.3 Å². The van der Waals surface area contributed by atoms with Gasteiger partial charge >= 0.3 is 17.9 Å². The molecule has 0 heterocycles. The van der Waals surface area contributed by atoms with E-state index in [2.05, 4.69) is 27.7 Å². The van der Waals surface area contributed by atoms with Crippen molar-refractivity contribution in [3.05, 3.63) is 0 Å². The van der Waals surface area contributed by atoms with Gasteiger partial charge in [-0.3, -0.25) is 14.4 Å². The maximum atomic E-state index is 12.8. The predicted molar refractivity (Wildman–Crippen MR) is 275 cm³/mol. The van der Waals surface area contributed by atoms with E-state index in [-0.39, 0.29) is 31.1 Å². The summed E-state index contributed by atoms with van der Waals surface area (Å²) in [5.74, 6) is -0.0795. The van der Waals surface area contributed by atoms with Crippen LogP contribution < -0.4 is 0 Å². The fourth-order valence-corrected chi connectivity index (χ4v) is 8.92. The number of ether oxygens (including phenoxy) is 3. The van der Waals surface area contributed by atoms with E-state index in [1.807, 2.05) is 0 Å². The van der Waals surface area contributed by atoms with Crippen LogP contribution in [-0.2, 0) is 28.6 Å².